The maximum absolute atomic E-state index is 12.5. The quantitative estimate of drug-likeness (QED) is 0.727. The summed E-state index contributed by atoms with van der Waals surface area (Å²) in [6, 6.07) is 2.72. The van der Waals surface area contributed by atoms with E-state index in [0.29, 0.717) is 39.7 Å². The van der Waals surface area contributed by atoms with Gasteiger partial charge in [-0.25, -0.2) is 19.7 Å². The lowest BCUT2D eigenvalue weighted by molar-refractivity contribution is -0.129. The molecular weight excluding hydrogens is 381 g/mol. The summed E-state index contributed by atoms with van der Waals surface area (Å²) in [7, 11) is 0. The molecule has 2 aromatic rings. The Balaban J connectivity index is 1.79. The number of hydrogen-bond donors (Lipinski definition) is 3. The van der Waals surface area contributed by atoms with Crippen molar-refractivity contribution in [1.82, 2.24) is 20.2 Å². The van der Waals surface area contributed by atoms with Crippen LogP contribution in [0.4, 0.5) is 10.6 Å². The largest absolute Gasteiger partial charge is 0.465 e. The highest BCUT2D eigenvalue weighted by molar-refractivity contribution is 6.42. The van der Waals surface area contributed by atoms with Crippen LogP contribution in [0.3, 0.4) is 0 Å². The Morgan fingerprint density at radius 1 is 1.35 bits per heavy atom. The van der Waals surface area contributed by atoms with Crippen LogP contribution in [-0.4, -0.2) is 57.1 Å². The number of nitrogens with zero attached hydrogens (tertiary/aromatic N) is 3. The number of amides is 2. The lowest BCUT2D eigenvalue weighted by Gasteiger charge is -2.27. The molecule has 1 fully saturated rings. The molecule has 3 N–H and O–H groups in total. The van der Waals surface area contributed by atoms with E-state index in [1.807, 2.05) is 6.92 Å². The fraction of sp³-hybridized carbons (Fsp3) is 0.375. The number of fused-ring (bicyclic) bond motifs is 1. The molecule has 2 amide bonds. The number of imide groups is 1. The van der Waals surface area contributed by atoms with E-state index in [1.165, 1.54) is 6.33 Å². The zero-order valence-corrected chi connectivity index (χ0v) is 15.4. The summed E-state index contributed by atoms with van der Waals surface area (Å²) in [5, 5.41) is 16.8. The molecule has 2 atom stereocenters. The van der Waals surface area contributed by atoms with Crippen molar-refractivity contribution < 1.29 is 14.7 Å². The molecular formula is C16H17Cl2N5O3. The summed E-state index contributed by atoms with van der Waals surface area (Å²) in [5.41, 5.74) is 0.563. The average Bonchev–Trinajstić information content (AvgIpc) is 2.99. The highest BCUT2D eigenvalue weighted by Crippen LogP contribution is 2.29. The molecule has 0 spiro atoms. The topological polar surface area (TPSA) is 107 Å². The molecule has 10 heteroatoms. The molecule has 0 radical (unpaired) electrons. The summed E-state index contributed by atoms with van der Waals surface area (Å²) in [6.45, 7) is 2.31. The molecule has 1 aliphatic rings. The number of benzene rings is 1. The first-order valence-electron chi connectivity index (χ1n) is 8.00. The molecule has 26 heavy (non-hydrogen) atoms. The molecule has 1 saturated heterocycles. The van der Waals surface area contributed by atoms with Gasteiger partial charge in [-0.2, -0.15) is 0 Å². The fourth-order valence-electron chi connectivity index (χ4n) is 3.07. The van der Waals surface area contributed by atoms with Crippen molar-refractivity contribution in [3.05, 3.63) is 28.5 Å². The zero-order chi connectivity index (χ0) is 18.8. The lowest BCUT2D eigenvalue weighted by Crippen LogP contribution is -2.50. The molecule has 8 nitrogen and oxygen atoms in total. The van der Waals surface area contributed by atoms with Crippen LogP contribution in [0.25, 0.3) is 10.9 Å². The summed E-state index contributed by atoms with van der Waals surface area (Å²) in [6.07, 6.45) is 0.654. The third-order valence-corrected chi connectivity index (χ3v) is 5.10. The van der Waals surface area contributed by atoms with E-state index in [4.69, 9.17) is 23.2 Å². The Kier molecular flexibility index (Phi) is 5.45. The van der Waals surface area contributed by atoms with Crippen molar-refractivity contribution in [1.29, 1.82) is 0 Å². The molecule has 0 saturated carbocycles. The van der Waals surface area contributed by atoms with Crippen LogP contribution >= 0.6 is 23.2 Å². The monoisotopic (exact) mass is 397 g/mol. The molecule has 0 aliphatic carbocycles. The van der Waals surface area contributed by atoms with E-state index in [-0.39, 0.29) is 12.6 Å². The number of nitrogens with one attached hydrogen (secondary N) is 2. The van der Waals surface area contributed by atoms with Crippen molar-refractivity contribution >= 4 is 51.9 Å². The van der Waals surface area contributed by atoms with Gasteiger partial charge in [-0.05, 0) is 32.0 Å². The van der Waals surface area contributed by atoms with Crippen LogP contribution in [0, 0.1) is 0 Å². The Morgan fingerprint density at radius 2 is 2.08 bits per heavy atom. The third kappa shape index (κ3) is 3.67. The van der Waals surface area contributed by atoms with Crippen LogP contribution in [0.1, 0.15) is 13.3 Å². The van der Waals surface area contributed by atoms with Gasteiger partial charge in [-0.15, -0.1) is 0 Å². The van der Waals surface area contributed by atoms with Gasteiger partial charge >= 0.3 is 6.09 Å². The molecule has 1 aliphatic heterocycles. The van der Waals surface area contributed by atoms with Crippen LogP contribution < -0.4 is 10.6 Å². The van der Waals surface area contributed by atoms with E-state index in [9.17, 15) is 14.7 Å². The maximum Gasteiger partial charge on any atom is 0.414 e. The van der Waals surface area contributed by atoms with Gasteiger partial charge in [0.1, 0.15) is 12.1 Å². The van der Waals surface area contributed by atoms with Crippen molar-refractivity contribution in [2.75, 3.05) is 18.4 Å². The second-order valence-electron chi connectivity index (χ2n) is 6.00. The average molecular weight is 398 g/mol. The Morgan fingerprint density at radius 3 is 2.73 bits per heavy atom. The van der Waals surface area contributed by atoms with Crippen molar-refractivity contribution in [2.45, 2.75) is 25.4 Å². The van der Waals surface area contributed by atoms with Gasteiger partial charge in [0.25, 0.3) is 5.91 Å². The highest BCUT2D eigenvalue weighted by Gasteiger charge is 2.35. The number of carbonyl (C=O) groups excluding carboxylic acids is 1. The number of carbonyl (C=O) groups is 2. The molecule has 2 heterocycles. The number of aromatic nitrogens is 2. The van der Waals surface area contributed by atoms with Gasteiger partial charge in [-0.3, -0.25) is 4.79 Å². The summed E-state index contributed by atoms with van der Waals surface area (Å²) in [5.74, 6) is -0.172. The minimum Gasteiger partial charge on any atom is -0.465 e. The standard InChI is InChI=1S/C16H17Cl2N5O3/c1-8-13(2-3-19-8)23(16(25)26)14(24)6-20-15-9-4-10(17)11(18)5-12(9)21-7-22-15/h4-5,7-8,13,19H,2-3,6H2,1H3,(H,25,26)(H,20,21,22). The first-order valence-corrected chi connectivity index (χ1v) is 8.76. The van der Waals surface area contributed by atoms with Gasteiger partial charge in [0.15, 0.2) is 0 Å². The van der Waals surface area contributed by atoms with Gasteiger partial charge in [0.2, 0.25) is 0 Å². The molecule has 1 aromatic carbocycles. The molecule has 3 rings (SSSR count). The summed E-state index contributed by atoms with van der Waals surface area (Å²) < 4.78 is 0. The van der Waals surface area contributed by atoms with E-state index in [1.54, 1.807) is 12.1 Å². The van der Waals surface area contributed by atoms with Gasteiger partial charge in [0.05, 0.1) is 28.1 Å². The summed E-state index contributed by atoms with van der Waals surface area (Å²) in [4.78, 5) is 33.2. The number of carboxylic acid groups (broad SMARTS) is 1. The van der Waals surface area contributed by atoms with Gasteiger partial charge in [-0.1, -0.05) is 23.2 Å². The Labute approximate surface area is 159 Å². The minimum atomic E-state index is -1.26. The van der Waals surface area contributed by atoms with Crippen molar-refractivity contribution in [3.63, 3.8) is 0 Å². The van der Waals surface area contributed by atoms with E-state index in [2.05, 4.69) is 20.6 Å². The predicted molar refractivity (Wildman–Crippen MR) is 98.8 cm³/mol. The molecule has 2 unspecified atom stereocenters. The van der Waals surface area contributed by atoms with Crippen LogP contribution in [0.2, 0.25) is 10.0 Å². The minimum absolute atomic E-state index is 0.0871. The number of hydrogen-bond acceptors (Lipinski definition) is 6. The van der Waals surface area contributed by atoms with E-state index in [0.717, 1.165) is 4.90 Å². The zero-order valence-electron chi connectivity index (χ0n) is 13.9. The van der Waals surface area contributed by atoms with Crippen molar-refractivity contribution in [2.24, 2.45) is 0 Å². The van der Waals surface area contributed by atoms with Gasteiger partial charge in [0, 0.05) is 11.4 Å². The fourth-order valence-corrected chi connectivity index (χ4v) is 3.39. The number of halogens is 2. The van der Waals surface area contributed by atoms with Crippen LogP contribution in [0.5, 0.6) is 0 Å². The van der Waals surface area contributed by atoms with Crippen LogP contribution in [0.15, 0.2) is 18.5 Å². The second kappa shape index (κ2) is 7.61. The van der Waals surface area contributed by atoms with Crippen molar-refractivity contribution in [3.8, 4) is 0 Å². The Bertz CT molecular complexity index is 863. The van der Waals surface area contributed by atoms with E-state index >= 15 is 0 Å². The van der Waals surface area contributed by atoms with E-state index < -0.39 is 18.0 Å². The first kappa shape index (κ1) is 18.6. The number of rotatable bonds is 4. The smallest absolute Gasteiger partial charge is 0.414 e. The summed E-state index contributed by atoms with van der Waals surface area (Å²) >= 11 is 12.0. The van der Waals surface area contributed by atoms with Crippen LogP contribution in [-0.2, 0) is 4.79 Å². The third-order valence-electron chi connectivity index (χ3n) is 4.37. The molecule has 138 valence electrons. The number of anilines is 1. The molecule has 1 aromatic heterocycles. The highest BCUT2D eigenvalue weighted by atomic mass is 35.5. The SMILES string of the molecule is CC1NCCC1N(C(=O)O)C(=O)CNc1ncnc2cc(Cl)c(Cl)cc12. The molecule has 0 bridgehead atoms. The maximum atomic E-state index is 12.5. The predicted octanol–water partition coefficient (Wildman–Crippen LogP) is 2.61. The normalized spacial score (nSPS) is 19.5. The Hall–Kier alpha value is -2.16. The lowest BCUT2D eigenvalue weighted by atomic mass is 10.1. The first-order chi connectivity index (χ1) is 12.4. The van der Waals surface area contributed by atoms with Gasteiger partial charge < -0.3 is 15.7 Å². The second-order valence-corrected chi connectivity index (χ2v) is 6.82.